The van der Waals surface area contributed by atoms with Crippen LogP contribution >= 0.6 is 11.3 Å². The van der Waals surface area contributed by atoms with Crippen LogP contribution in [0.15, 0.2) is 24.4 Å². The van der Waals surface area contributed by atoms with Gasteiger partial charge in [0.15, 0.2) is 5.82 Å². The Morgan fingerprint density at radius 3 is 2.86 bits per heavy atom. The molecule has 2 aliphatic heterocycles. The maximum atomic E-state index is 5.47. The molecule has 0 aliphatic carbocycles. The van der Waals surface area contributed by atoms with Crippen LogP contribution in [0.5, 0.6) is 0 Å². The molecule has 1 atom stereocenters. The maximum Gasteiger partial charge on any atom is 0.162 e. The van der Waals surface area contributed by atoms with Crippen LogP contribution in [-0.4, -0.2) is 59.8 Å². The first-order valence-electron chi connectivity index (χ1n) is 10.4. The molecule has 2 saturated heterocycles. The van der Waals surface area contributed by atoms with Gasteiger partial charge >= 0.3 is 0 Å². The Morgan fingerprint density at radius 2 is 2.03 bits per heavy atom. The fourth-order valence-corrected chi connectivity index (χ4v) is 5.28. The van der Waals surface area contributed by atoms with Crippen molar-refractivity contribution in [3.8, 4) is 0 Å². The Bertz CT molecular complexity index is 986. The van der Waals surface area contributed by atoms with Crippen LogP contribution in [0.1, 0.15) is 22.7 Å². The lowest BCUT2D eigenvalue weighted by Crippen LogP contribution is -2.37. The van der Waals surface area contributed by atoms with Crippen LogP contribution in [0.25, 0.3) is 10.9 Å². The zero-order chi connectivity index (χ0) is 19.6. The molecule has 0 bridgehead atoms. The summed E-state index contributed by atoms with van der Waals surface area (Å²) in [6, 6.07) is 6.48. The topological polar surface area (TPSA) is 67.3 Å². The third-order valence-electron chi connectivity index (χ3n) is 5.84. The second kappa shape index (κ2) is 8.20. The highest BCUT2D eigenvalue weighted by Crippen LogP contribution is 2.31. The average molecular weight is 411 g/mol. The predicted molar refractivity (Wildman–Crippen MR) is 116 cm³/mol. The number of benzene rings is 1. The van der Waals surface area contributed by atoms with Crippen LogP contribution in [0, 0.1) is 12.8 Å². The minimum absolute atomic E-state index is 0.604. The molecular weight excluding hydrogens is 384 g/mol. The van der Waals surface area contributed by atoms with Gasteiger partial charge in [0.05, 0.1) is 18.2 Å². The third kappa shape index (κ3) is 4.04. The van der Waals surface area contributed by atoms with Gasteiger partial charge in [-0.05, 0) is 49.1 Å². The molecule has 1 unspecified atom stereocenters. The lowest BCUT2D eigenvalue weighted by atomic mass is 9.95. The highest BCUT2D eigenvalue weighted by molar-refractivity contribution is 7.11. The van der Waals surface area contributed by atoms with Crippen molar-refractivity contribution < 1.29 is 4.74 Å². The van der Waals surface area contributed by atoms with Crippen LogP contribution in [0.2, 0.25) is 0 Å². The van der Waals surface area contributed by atoms with E-state index in [0.717, 1.165) is 62.5 Å². The lowest BCUT2D eigenvalue weighted by Gasteiger charge is -2.33. The van der Waals surface area contributed by atoms with Crippen molar-refractivity contribution in [3.63, 3.8) is 0 Å². The Balaban J connectivity index is 1.37. The van der Waals surface area contributed by atoms with Gasteiger partial charge in [0, 0.05) is 54.7 Å². The summed E-state index contributed by atoms with van der Waals surface area (Å²) in [6.07, 6.45) is 5.44. The lowest BCUT2D eigenvalue weighted by molar-refractivity contribution is 0.122. The number of rotatable bonds is 4. The van der Waals surface area contributed by atoms with Crippen LogP contribution in [-0.2, 0) is 11.2 Å². The molecule has 2 aliphatic rings. The monoisotopic (exact) mass is 410 g/mol. The number of hydrogen-bond acceptors (Lipinski definition) is 8. The molecule has 1 aromatic carbocycles. The number of aryl methyl sites for hydroxylation is 1. The summed E-state index contributed by atoms with van der Waals surface area (Å²) in [4.78, 5) is 10.6. The maximum absolute atomic E-state index is 5.47. The highest BCUT2D eigenvalue weighted by atomic mass is 32.1. The molecule has 2 aromatic heterocycles. The van der Waals surface area contributed by atoms with E-state index in [9.17, 15) is 0 Å². The second-order valence-corrected chi connectivity index (χ2v) is 9.26. The van der Waals surface area contributed by atoms with Crippen molar-refractivity contribution in [2.45, 2.75) is 26.2 Å². The largest absolute Gasteiger partial charge is 0.378 e. The minimum atomic E-state index is 0.604. The van der Waals surface area contributed by atoms with E-state index < -0.39 is 0 Å². The summed E-state index contributed by atoms with van der Waals surface area (Å²) >= 11 is 1.81. The second-order valence-electron chi connectivity index (χ2n) is 7.94. The smallest absolute Gasteiger partial charge is 0.162 e. The van der Waals surface area contributed by atoms with Crippen LogP contribution < -0.4 is 9.80 Å². The standard InChI is InChI=1S/C21H26N6OS/c1-15-13-22-20(29-15)11-16-3-2-6-27(14-16)21-18-5-4-17(12-19(18)23-25-24-21)26-7-9-28-10-8-26/h4-5,12-13,16H,2-3,6-11,14H2,1H3. The number of piperidine rings is 1. The van der Waals surface area contributed by atoms with Crippen LogP contribution in [0.3, 0.4) is 0 Å². The number of anilines is 2. The number of nitrogens with zero attached hydrogens (tertiary/aromatic N) is 6. The van der Waals surface area contributed by atoms with Crippen molar-refractivity contribution in [2.24, 2.45) is 5.92 Å². The van der Waals surface area contributed by atoms with E-state index in [4.69, 9.17) is 4.74 Å². The molecule has 7 nitrogen and oxygen atoms in total. The number of fused-ring (bicyclic) bond motifs is 1. The van der Waals surface area contributed by atoms with Gasteiger partial charge in [-0.15, -0.1) is 21.5 Å². The molecule has 0 radical (unpaired) electrons. The zero-order valence-electron chi connectivity index (χ0n) is 16.8. The molecule has 0 saturated carbocycles. The first-order chi connectivity index (χ1) is 14.3. The van der Waals surface area contributed by atoms with E-state index in [1.165, 1.54) is 28.4 Å². The summed E-state index contributed by atoms with van der Waals surface area (Å²) in [7, 11) is 0. The molecule has 4 heterocycles. The molecule has 0 spiro atoms. The molecular formula is C21H26N6OS. The molecule has 2 fully saturated rings. The van der Waals surface area contributed by atoms with Gasteiger partial charge in [0.25, 0.3) is 0 Å². The summed E-state index contributed by atoms with van der Waals surface area (Å²) in [5, 5.41) is 15.2. The third-order valence-corrected chi connectivity index (χ3v) is 6.78. The van der Waals surface area contributed by atoms with E-state index in [1.807, 2.05) is 17.5 Å². The van der Waals surface area contributed by atoms with Crippen LogP contribution in [0.4, 0.5) is 11.5 Å². The predicted octanol–water partition coefficient (Wildman–Crippen LogP) is 3.09. The molecule has 29 heavy (non-hydrogen) atoms. The highest BCUT2D eigenvalue weighted by Gasteiger charge is 2.24. The molecule has 0 amide bonds. The van der Waals surface area contributed by atoms with Gasteiger partial charge in [-0.2, -0.15) is 0 Å². The van der Waals surface area contributed by atoms with Crippen molar-refractivity contribution in [1.82, 2.24) is 20.4 Å². The zero-order valence-corrected chi connectivity index (χ0v) is 17.6. The fourth-order valence-electron chi connectivity index (χ4n) is 4.38. The average Bonchev–Trinajstić information content (AvgIpc) is 3.18. The Morgan fingerprint density at radius 1 is 1.14 bits per heavy atom. The van der Waals surface area contributed by atoms with Crippen molar-refractivity contribution >= 4 is 33.7 Å². The number of aromatic nitrogens is 4. The van der Waals surface area contributed by atoms with E-state index in [2.05, 4.69) is 55.3 Å². The Labute approximate surface area is 174 Å². The summed E-state index contributed by atoms with van der Waals surface area (Å²) in [5.74, 6) is 1.57. The van der Waals surface area contributed by atoms with E-state index in [0.29, 0.717) is 5.92 Å². The molecule has 152 valence electrons. The first-order valence-corrected chi connectivity index (χ1v) is 11.2. The van der Waals surface area contributed by atoms with Gasteiger partial charge in [-0.1, -0.05) is 0 Å². The number of morpholine rings is 1. The Hall–Kier alpha value is -2.32. The fraction of sp³-hybridized carbons (Fsp3) is 0.524. The SMILES string of the molecule is Cc1cnc(CC2CCCN(c3nnnc4cc(N5CCOCC5)ccc34)C2)s1. The van der Waals surface area contributed by atoms with Gasteiger partial charge in [0.2, 0.25) is 0 Å². The molecule has 8 heteroatoms. The van der Waals surface area contributed by atoms with E-state index >= 15 is 0 Å². The molecule has 3 aromatic rings. The van der Waals surface area contributed by atoms with Gasteiger partial charge in [-0.25, -0.2) is 4.98 Å². The number of hydrogen-bond donors (Lipinski definition) is 0. The number of thiazole rings is 1. The van der Waals surface area contributed by atoms with Gasteiger partial charge < -0.3 is 14.5 Å². The van der Waals surface area contributed by atoms with Gasteiger partial charge in [0.1, 0.15) is 5.52 Å². The van der Waals surface area contributed by atoms with Crippen molar-refractivity contribution in [2.75, 3.05) is 49.2 Å². The number of ether oxygens (including phenoxy) is 1. The van der Waals surface area contributed by atoms with Crippen molar-refractivity contribution in [1.29, 1.82) is 0 Å². The summed E-state index contributed by atoms with van der Waals surface area (Å²) in [6.45, 7) is 7.53. The molecule has 0 N–H and O–H groups in total. The Kier molecular flexibility index (Phi) is 5.28. The normalized spacial score (nSPS) is 20.4. The summed E-state index contributed by atoms with van der Waals surface area (Å²) < 4.78 is 5.47. The first kappa shape index (κ1) is 18.7. The van der Waals surface area contributed by atoms with Gasteiger partial charge in [-0.3, -0.25) is 0 Å². The quantitative estimate of drug-likeness (QED) is 0.655. The minimum Gasteiger partial charge on any atom is -0.378 e. The molecule has 5 rings (SSSR count). The summed E-state index contributed by atoms with van der Waals surface area (Å²) in [5.41, 5.74) is 2.10. The van der Waals surface area contributed by atoms with Crippen molar-refractivity contribution in [3.05, 3.63) is 34.3 Å². The van der Waals surface area contributed by atoms with E-state index in [1.54, 1.807) is 0 Å². The van der Waals surface area contributed by atoms with E-state index in [-0.39, 0.29) is 0 Å².